The van der Waals surface area contributed by atoms with Crippen LogP contribution in [0.4, 0.5) is 0 Å². The normalized spacial score (nSPS) is 33.1. The Bertz CT molecular complexity index is 441. The molecule has 6 nitrogen and oxygen atoms in total. The van der Waals surface area contributed by atoms with Gasteiger partial charge in [0.15, 0.2) is 0 Å². The Balaban J connectivity index is 1.85. The molecule has 1 heterocycles. The van der Waals surface area contributed by atoms with Crippen LogP contribution < -0.4 is 5.32 Å². The highest BCUT2D eigenvalue weighted by atomic mass is 35.5. The molecule has 0 aromatic heterocycles. The highest BCUT2D eigenvalue weighted by Gasteiger charge is 2.42. The standard InChI is InChI=1S/C14H20ClNO5/c15-9-3-1-8(2-4-9)5-16-6-10-12(18)14(20)13(19)11(7-17)21-10/h1-4,10-14,16-20H,5-7H2/t10-,11+,12-,13+,14+/m0/s1. The van der Waals surface area contributed by atoms with E-state index in [4.69, 9.17) is 21.4 Å². The van der Waals surface area contributed by atoms with E-state index in [-0.39, 0.29) is 6.54 Å². The summed E-state index contributed by atoms with van der Waals surface area (Å²) < 4.78 is 5.39. The summed E-state index contributed by atoms with van der Waals surface area (Å²) in [5.41, 5.74) is 1.02. The Labute approximate surface area is 127 Å². The van der Waals surface area contributed by atoms with Gasteiger partial charge < -0.3 is 30.5 Å². The van der Waals surface area contributed by atoms with Crippen LogP contribution in [0.5, 0.6) is 0 Å². The van der Waals surface area contributed by atoms with Gasteiger partial charge in [0.1, 0.15) is 24.4 Å². The number of halogens is 1. The summed E-state index contributed by atoms with van der Waals surface area (Å²) >= 11 is 5.80. The molecular formula is C14H20ClNO5. The van der Waals surface area contributed by atoms with Gasteiger partial charge in [0.2, 0.25) is 0 Å². The molecule has 2 rings (SSSR count). The van der Waals surface area contributed by atoms with Crippen molar-refractivity contribution in [3.8, 4) is 0 Å². The third kappa shape index (κ3) is 4.14. The van der Waals surface area contributed by atoms with E-state index >= 15 is 0 Å². The summed E-state index contributed by atoms with van der Waals surface area (Å²) in [6.07, 6.45) is -5.44. The van der Waals surface area contributed by atoms with Gasteiger partial charge in [-0.1, -0.05) is 23.7 Å². The zero-order chi connectivity index (χ0) is 15.4. The molecule has 5 N–H and O–H groups in total. The van der Waals surface area contributed by atoms with E-state index in [0.717, 1.165) is 5.56 Å². The first-order valence-corrected chi connectivity index (χ1v) is 7.16. The number of ether oxygens (including phenoxy) is 1. The van der Waals surface area contributed by atoms with E-state index in [0.29, 0.717) is 11.6 Å². The number of aliphatic hydroxyl groups excluding tert-OH is 4. The third-order valence-corrected chi connectivity index (χ3v) is 3.83. The molecule has 1 saturated heterocycles. The van der Waals surface area contributed by atoms with Crippen molar-refractivity contribution in [3.05, 3.63) is 34.9 Å². The second kappa shape index (κ2) is 7.51. The minimum atomic E-state index is -1.33. The predicted octanol–water partition coefficient (Wildman–Crippen LogP) is -0.728. The molecule has 0 bridgehead atoms. The van der Waals surface area contributed by atoms with Crippen LogP contribution in [0, 0.1) is 0 Å². The maximum atomic E-state index is 9.88. The lowest BCUT2D eigenvalue weighted by Gasteiger charge is -2.40. The van der Waals surface area contributed by atoms with Crippen LogP contribution in [-0.2, 0) is 11.3 Å². The summed E-state index contributed by atoms with van der Waals surface area (Å²) in [4.78, 5) is 0. The molecule has 0 amide bonds. The Kier molecular flexibility index (Phi) is 5.95. The molecule has 0 unspecified atom stereocenters. The summed E-state index contributed by atoms with van der Waals surface area (Å²) in [7, 11) is 0. The zero-order valence-corrected chi connectivity index (χ0v) is 12.1. The van der Waals surface area contributed by atoms with E-state index in [1.807, 2.05) is 12.1 Å². The number of hydrogen-bond acceptors (Lipinski definition) is 6. The summed E-state index contributed by atoms with van der Waals surface area (Å²) in [6, 6.07) is 7.32. The van der Waals surface area contributed by atoms with Crippen LogP contribution in [0.2, 0.25) is 5.02 Å². The minimum absolute atomic E-state index is 0.282. The maximum Gasteiger partial charge on any atom is 0.111 e. The lowest BCUT2D eigenvalue weighted by molar-refractivity contribution is -0.227. The fraction of sp³-hybridized carbons (Fsp3) is 0.571. The van der Waals surface area contributed by atoms with Crippen LogP contribution >= 0.6 is 11.6 Å². The number of benzene rings is 1. The van der Waals surface area contributed by atoms with Gasteiger partial charge in [-0.15, -0.1) is 0 Å². The monoisotopic (exact) mass is 317 g/mol. The van der Waals surface area contributed by atoms with Crippen molar-refractivity contribution in [1.29, 1.82) is 0 Å². The van der Waals surface area contributed by atoms with Crippen molar-refractivity contribution < 1.29 is 25.2 Å². The van der Waals surface area contributed by atoms with Gasteiger partial charge in [-0.2, -0.15) is 0 Å². The van der Waals surface area contributed by atoms with Gasteiger partial charge in [-0.05, 0) is 17.7 Å². The fourth-order valence-corrected chi connectivity index (χ4v) is 2.43. The first kappa shape index (κ1) is 16.6. The van der Waals surface area contributed by atoms with Crippen molar-refractivity contribution in [2.24, 2.45) is 0 Å². The lowest BCUT2D eigenvalue weighted by Crippen LogP contribution is -2.60. The van der Waals surface area contributed by atoms with E-state index < -0.39 is 37.1 Å². The van der Waals surface area contributed by atoms with Crippen molar-refractivity contribution in [2.45, 2.75) is 37.1 Å². The quantitative estimate of drug-likeness (QED) is 0.491. The molecule has 1 aromatic carbocycles. The average Bonchev–Trinajstić information content (AvgIpc) is 2.49. The van der Waals surface area contributed by atoms with Crippen LogP contribution in [0.15, 0.2) is 24.3 Å². The topological polar surface area (TPSA) is 102 Å². The lowest BCUT2D eigenvalue weighted by atomic mass is 9.95. The van der Waals surface area contributed by atoms with E-state index in [2.05, 4.69) is 5.32 Å². The van der Waals surface area contributed by atoms with E-state index in [1.54, 1.807) is 12.1 Å². The first-order valence-electron chi connectivity index (χ1n) is 6.78. The van der Waals surface area contributed by atoms with Gasteiger partial charge in [0.25, 0.3) is 0 Å². The predicted molar refractivity (Wildman–Crippen MR) is 76.9 cm³/mol. The number of aliphatic hydroxyl groups is 4. The van der Waals surface area contributed by atoms with Crippen molar-refractivity contribution in [1.82, 2.24) is 5.32 Å². The number of hydrogen-bond donors (Lipinski definition) is 5. The summed E-state index contributed by atoms with van der Waals surface area (Å²) in [5.74, 6) is 0. The average molecular weight is 318 g/mol. The zero-order valence-electron chi connectivity index (χ0n) is 11.4. The van der Waals surface area contributed by atoms with Gasteiger partial charge in [0, 0.05) is 18.1 Å². The molecular weight excluding hydrogens is 298 g/mol. The third-order valence-electron chi connectivity index (χ3n) is 3.58. The molecule has 0 saturated carbocycles. The van der Waals surface area contributed by atoms with Crippen molar-refractivity contribution in [2.75, 3.05) is 13.2 Å². The Morgan fingerprint density at radius 3 is 2.24 bits per heavy atom. The Morgan fingerprint density at radius 2 is 1.62 bits per heavy atom. The number of nitrogens with one attached hydrogen (secondary N) is 1. The summed E-state index contributed by atoms with van der Waals surface area (Å²) in [6.45, 7) is 0.412. The number of rotatable bonds is 5. The van der Waals surface area contributed by atoms with Gasteiger partial charge in [-0.25, -0.2) is 0 Å². The Hall–Kier alpha value is -0.730. The molecule has 1 fully saturated rings. The molecule has 5 atom stereocenters. The molecule has 0 aliphatic carbocycles. The molecule has 7 heteroatoms. The molecule has 0 spiro atoms. The van der Waals surface area contributed by atoms with Crippen LogP contribution in [-0.4, -0.2) is 64.1 Å². The summed E-state index contributed by atoms with van der Waals surface area (Å²) in [5, 5.41) is 42.1. The van der Waals surface area contributed by atoms with E-state index in [9.17, 15) is 15.3 Å². The molecule has 1 aliphatic rings. The second-order valence-corrected chi connectivity index (χ2v) is 5.56. The van der Waals surface area contributed by atoms with Crippen LogP contribution in [0.1, 0.15) is 5.56 Å². The largest absolute Gasteiger partial charge is 0.394 e. The molecule has 1 aliphatic heterocycles. The van der Waals surface area contributed by atoms with Gasteiger partial charge >= 0.3 is 0 Å². The SMILES string of the molecule is OC[C@H]1O[C@@H](CNCc2ccc(Cl)cc2)[C@H](O)[C@@H](O)[C@@H]1O. The maximum absolute atomic E-state index is 9.88. The van der Waals surface area contributed by atoms with Crippen LogP contribution in [0.3, 0.4) is 0 Å². The Morgan fingerprint density at radius 1 is 1.00 bits per heavy atom. The van der Waals surface area contributed by atoms with Crippen molar-refractivity contribution in [3.63, 3.8) is 0 Å². The molecule has 21 heavy (non-hydrogen) atoms. The second-order valence-electron chi connectivity index (χ2n) is 5.12. The minimum Gasteiger partial charge on any atom is -0.394 e. The van der Waals surface area contributed by atoms with Crippen LogP contribution in [0.25, 0.3) is 0 Å². The first-order chi connectivity index (χ1) is 10.0. The highest BCUT2D eigenvalue weighted by molar-refractivity contribution is 6.30. The molecule has 118 valence electrons. The van der Waals surface area contributed by atoms with Gasteiger partial charge in [0.05, 0.1) is 12.7 Å². The smallest absolute Gasteiger partial charge is 0.111 e. The van der Waals surface area contributed by atoms with Gasteiger partial charge in [-0.3, -0.25) is 0 Å². The van der Waals surface area contributed by atoms with E-state index in [1.165, 1.54) is 0 Å². The molecule has 0 radical (unpaired) electrons. The molecule has 1 aromatic rings. The highest BCUT2D eigenvalue weighted by Crippen LogP contribution is 2.20. The van der Waals surface area contributed by atoms with Crippen molar-refractivity contribution >= 4 is 11.6 Å². The fourth-order valence-electron chi connectivity index (χ4n) is 2.31.